The Bertz CT molecular complexity index is 1440. The van der Waals surface area contributed by atoms with Crippen LogP contribution in [0.25, 0.3) is 5.70 Å². The molecule has 2 saturated heterocycles. The zero-order valence-electron chi connectivity index (χ0n) is 35.5. The van der Waals surface area contributed by atoms with Crippen molar-refractivity contribution in [3.63, 3.8) is 0 Å². The molecule has 0 aromatic carbocycles. The minimum atomic E-state index is -0.394. The molecule has 54 heavy (non-hydrogen) atoms. The van der Waals surface area contributed by atoms with Crippen LogP contribution in [0.15, 0.2) is 45.8 Å². The molecule has 4 rings (SSSR count). The Morgan fingerprint density at radius 3 is 2.24 bits per heavy atom. The molecule has 4 heterocycles. The maximum Gasteiger partial charge on any atom is 0.290 e. The van der Waals surface area contributed by atoms with Gasteiger partial charge in [-0.1, -0.05) is 53.2 Å². The van der Waals surface area contributed by atoms with Crippen molar-refractivity contribution in [2.45, 2.75) is 138 Å². The van der Waals surface area contributed by atoms with Crippen LogP contribution in [0.3, 0.4) is 0 Å². The van der Waals surface area contributed by atoms with Gasteiger partial charge in [0.1, 0.15) is 22.9 Å². The topological polar surface area (TPSA) is 118 Å². The first-order valence-electron chi connectivity index (χ1n) is 19.3. The number of pyridine rings is 1. The summed E-state index contributed by atoms with van der Waals surface area (Å²) < 4.78 is 11.0. The summed E-state index contributed by atoms with van der Waals surface area (Å²) in [7, 11) is 0. The van der Waals surface area contributed by atoms with Gasteiger partial charge in [0.15, 0.2) is 0 Å². The van der Waals surface area contributed by atoms with E-state index in [0.717, 1.165) is 79.6 Å². The van der Waals surface area contributed by atoms with E-state index in [1.165, 1.54) is 30.6 Å². The molecular formula is C42H71N5O5S2. The van der Waals surface area contributed by atoms with Crippen molar-refractivity contribution >= 4 is 53.5 Å². The van der Waals surface area contributed by atoms with E-state index in [4.69, 9.17) is 29.2 Å². The molecule has 0 radical (unpaired) electrons. The first kappa shape index (κ1) is 49.2. The molecule has 2 aromatic rings. The molecule has 2 aliphatic heterocycles. The molecular weight excluding hydrogens is 719 g/mol. The van der Waals surface area contributed by atoms with Crippen LogP contribution in [-0.4, -0.2) is 82.0 Å². The highest BCUT2D eigenvalue weighted by Crippen LogP contribution is 2.32. The maximum absolute atomic E-state index is 8.36. The number of rotatable bonds is 13. The number of ether oxygens (including phenoxy) is 2. The Morgan fingerprint density at radius 1 is 1.15 bits per heavy atom. The number of aromatic nitrogens is 1. The van der Waals surface area contributed by atoms with Gasteiger partial charge in [-0.2, -0.15) is 12.6 Å². The number of nitrogens with one attached hydrogen (secondary N) is 1. The van der Waals surface area contributed by atoms with Gasteiger partial charge in [0.2, 0.25) is 0 Å². The second-order valence-electron chi connectivity index (χ2n) is 15.4. The van der Waals surface area contributed by atoms with Crippen molar-refractivity contribution in [3.05, 3.63) is 52.0 Å². The highest BCUT2D eigenvalue weighted by atomic mass is 32.1. The summed E-state index contributed by atoms with van der Waals surface area (Å²) >= 11 is 6.26. The first-order valence-corrected chi connectivity index (χ1v) is 20.7. The Hall–Kier alpha value is -2.77. The summed E-state index contributed by atoms with van der Waals surface area (Å²) in [6.07, 6.45) is 9.89. The monoisotopic (exact) mass is 789 g/mol. The molecule has 2 aromatic heterocycles. The third-order valence-electron chi connectivity index (χ3n) is 10.0. The fraction of sp³-hybridized carbons (Fsp3) is 0.667. The van der Waals surface area contributed by atoms with Crippen molar-refractivity contribution in [1.29, 1.82) is 0 Å². The van der Waals surface area contributed by atoms with Crippen LogP contribution in [0.5, 0.6) is 0 Å². The van der Waals surface area contributed by atoms with Crippen molar-refractivity contribution in [1.82, 2.24) is 9.88 Å². The third-order valence-corrected chi connectivity index (χ3v) is 11.5. The number of carbonyl (C=O) groups is 1. The highest BCUT2D eigenvalue weighted by Gasteiger charge is 2.42. The molecule has 2 fully saturated rings. The van der Waals surface area contributed by atoms with E-state index < -0.39 is 5.60 Å². The standard InChI is InChI=1S/C16H23N3S.C13H22N2OS.C12H24O2.CH2O2/c1-4-8-15(16-9-7-12-20-16)18-13(2)17-14(3)19-10-5-6-11-19;1-9-7-11(8-14-10(9)2)15-16-12(3,4)13(5,6)17;1-5-11(4)6-7-14-12(10(2)3)8-13-9-12;2-1-3/h7-9,12H,4-6,10-11H2,1-3H3;7-8,15,17H,1-6H3;10-11H,5-9H2,1-4H3;1H,(H,2,3)/b15-8+,17-14?,18-13?;;;. The van der Waals surface area contributed by atoms with Crippen LogP contribution in [0.1, 0.15) is 124 Å². The largest absolute Gasteiger partial charge is 0.483 e. The van der Waals surface area contributed by atoms with Crippen molar-refractivity contribution < 1.29 is 24.2 Å². The van der Waals surface area contributed by atoms with Crippen LogP contribution in [0.4, 0.5) is 5.69 Å². The molecule has 12 heteroatoms. The van der Waals surface area contributed by atoms with E-state index in [9.17, 15) is 0 Å². The summed E-state index contributed by atoms with van der Waals surface area (Å²) in [5.41, 5.74) is 6.66. The highest BCUT2D eigenvalue weighted by molar-refractivity contribution is 7.81. The van der Waals surface area contributed by atoms with Crippen LogP contribution >= 0.6 is 24.0 Å². The molecule has 0 saturated carbocycles. The second kappa shape index (κ2) is 24.7. The van der Waals surface area contributed by atoms with Crippen molar-refractivity contribution in [2.75, 3.05) is 38.4 Å². The number of hydrogen-bond donors (Lipinski definition) is 3. The predicted octanol–water partition coefficient (Wildman–Crippen LogP) is 10.5. The minimum absolute atomic E-state index is 0.0352. The average molecular weight is 790 g/mol. The lowest BCUT2D eigenvalue weighted by molar-refractivity contribution is -0.231. The number of carboxylic acid groups (broad SMARTS) is 1. The number of aryl methyl sites for hydroxylation is 2. The number of anilines is 1. The average Bonchev–Trinajstić information content (AvgIpc) is 3.82. The molecule has 0 amide bonds. The van der Waals surface area contributed by atoms with Gasteiger partial charge < -0.3 is 19.5 Å². The SMILES string of the molecule is CC/C=C(/N=C(C)N=C(C)N1CCCC1)c1cccs1.CCC(C)CCOC1(C(C)C)COC1.Cc1cc(NOC(C)(C)C(C)(C)S)cnc1C.O=CO. The number of amidine groups is 2. The van der Waals surface area contributed by atoms with Gasteiger partial charge in [-0.3, -0.25) is 20.1 Å². The molecule has 2 aliphatic rings. The van der Waals surface area contributed by atoms with Crippen LogP contribution < -0.4 is 5.48 Å². The zero-order chi connectivity index (χ0) is 41.0. The normalized spacial score (nSPS) is 16.6. The molecule has 0 bridgehead atoms. The molecule has 0 aliphatic carbocycles. The summed E-state index contributed by atoms with van der Waals surface area (Å²) in [5.74, 6) is 3.27. The number of allylic oxidation sites excluding steroid dienone is 1. The number of thiophene rings is 1. The van der Waals surface area contributed by atoms with Gasteiger partial charge in [0.25, 0.3) is 6.47 Å². The molecule has 2 N–H and O–H groups in total. The third kappa shape index (κ3) is 17.4. The summed E-state index contributed by atoms with van der Waals surface area (Å²) in [4.78, 5) is 31.2. The van der Waals surface area contributed by atoms with Crippen LogP contribution in [0.2, 0.25) is 0 Å². The smallest absolute Gasteiger partial charge is 0.290 e. The summed E-state index contributed by atoms with van der Waals surface area (Å²) in [6, 6.07) is 6.19. The zero-order valence-corrected chi connectivity index (χ0v) is 37.2. The minimum Gasteiger partial charge on any atom is -0.483 e. The van der Waals surface area contributed by atoms with E-state index in [1.807, 2.05) is 54.5 Å². The Kier molecular flexibility index (Phi) is 22.5. The van der Waals surface area contributed by atoms with Gasteiger partial charge in [-0.15, -0.1) is 11.3 Å². The second-order valence-corrected chi connectivity index (χ2v) is 17.4. The van der Waals surface area contributed by atoms with Gasteiger partial charge in [-0.05, 0) is 116 Å². The van der Waals surface area contributed by atoms with E-state index in [0.29, 0.717) is 5.92 Å². The lowest BCUT2D eigenvalue weighted by Crippen LogP contribution is -2.56. The van der Waals surface area contributed by atoms with E-state index in [2.05, 4.69) is 98.1 Å². The lowest BCUT2D eigenvalue weighted by atomic mass is 9.88. The van der Waals surface area contributed by atoms with Gasteiger partial charge in [0, 0.05) is 30.1 Å². The van der Waals surface area contributed by atoms with E-state index in [1.54, 1.807) is 17.5 Å². The predicted molar refractivity (Wildman–Crippen MR) is 232 cm³/mol. The van der Waals surface area contributed by atoms with Crippen molar-refractivity contribution in [2.24, 2.45) is 21.8 Å². The number of thiol groups is 1. The number of aliphatic imine (C=N–C) groups is 2. The molecule has 306 valence electrons. The quantitative estimate of drug-likeness (QED) is 0.0604. The number of nitrogens with zero attached hydrogens (tertiary/aromatic N) is 4. The Labute approximate surface area is 336 Å². The van der Waals surface area contributed by atoms with Crippen LogP contribution in [-0.2, 0) is 19.1 Å². The Morgan fingerprint density at radius 2 is 1.78 bits per heavy atom. The molecule has 1 atom stereocenters. The van der Waals surface area contributed by atoms with Crippen molar-refractivity contribution in [3.8, 4) is 0 Å². The first-order chi connectivity index (χ1) is 25.4. The number of hydrogen-bond acceptors (Lipinski definition) is 9. The van der Waals surface area contributed by atoms with Gasteiger partial charge >= 0.3 is 0 Å². The molecule has 1 unspecified atom stereocenters. The Balaban J connectivity index is 0.000000396. The lowest BCUT2D eigenvalue weighted by Gasteiger charge is -2.44. The van der Waals surface area contributed by atoms with Crippen LogP contribution in [0, 0.1) is 25.7 Å². The van der Waals surface area contributed by atoms with Gasteiger partial charge in [-0.25, -0.2) is 9.98 Å². The fourth-order valence-electron chi connectivity index (χ4n) is 4.93. The van der Waals surface area contributed by atoms with Gasteiger partial charge in [0.05, 0.1) is 35.7 Å². The summed E-state index contributed by atoms with van der Waals surface area (Å²) in [6.45, 7) is 31.7. The van der Waals surface area contributed by atoms with E-state index in [-0.39, 0.29) is 16.8 Å². The number of likely N-dealkylation sites (tertiary alicyclic amines) is 1. The maximum atomic E-state index is 8.36. The molecule has 0 spiro atoms. The fourth-order valence-corrected chi connectivity index (χ4v) is 5.68. The summed E-state index contributed by atoms with van der Waals surface area (Å²) in [5, 5.41) is 8.97. The van der Waals surface area contributed by atoms with E-state index >= 15 is 0 Å². The molecule has 10 nitrogen and oxygen atoms in total.